The van der Waals surface area contributed by atoms with Crippen LogP contribution in [0.25, 0.3) is 0 Å². The smallest absolute Gasteiger partial charge is 0.242 e. The number of carbonyl (C=O) groups excluding carboxylic acids is 2. The van der Waals surface area contributed by atoms with Crippen LogP contribution >= 0.6 is 46.4 Å². The number of halogens is 4. The lowest BCUT2D eigenvalue weighted by Crippen LogP contribution is -2.49. The molecule has 0 radical (unpaired) electrons. The zero-order chi connectivity index (χ0) is 22.4. The molecule has 2 rings (SSSR count). The molecule has 0 spiro atoms. The Hall–Kier alpha value is -1.46. The molecule has 2 aromatic carbocycles. The Morgan fingerprint density at radius 1 is 0.967 bits per heavy atom. The molecule has 0 bridgehead atoms. The monoisotopic (exact) mass is 488 g/mol. The highest BCUT2D eigenvalue weighted by atomic mass is 35.5. The molecule has 162 valence electrons. The van der Waals surface area contributed by atoms with Gasteiger partial charge in [0.15, 0.2) is 0 Å². The molecule has 0 aliphatic rings. The Kier molecular flexibility index (Phi) is 9.30. The molecule has 0 fully saturated rings. The topological polar surface area (TPSA) is 49.4 Å². The van der Waals surface area contributed by atoms with E-state index in [-0.39, 0.29) is 30.8 Å². The first-order valence-electron chi connectivity index (χ1n) is 9.60. The highest BCUT2D eigenvalue weighted by molar-refractivity contribution is 6.42. The minimum atomic E-state index is -0.688. The molecule has 30 heavy (non-hydrogen) atoms. The van der Waals surface area contributed by atoms with Gasteiger partial charge in [-0.15, -0.1) is 0 Å². The lowest BCUT2D eigenvalue weighted by atomic mass is 10.1. The van der Waals surface area contributed by atoms with E-state index in [0.29, 0.717) is 25.7 Å². The Balaban J connectivity index is 2.29. The maximum Gasteiger partial charge on any atom is 0.242 e. The van der Waals surface area contributed by atoms with Crippen molar-refractivity contribution < 1.29 is 9.59 Å². The zero-order valence-electron chi connectivity index (χ0n) is 17.0. The zero-order valence-corrected chi connectivity index (χ0v) is 20.0. The highest BCUT2D eigenvalue weighted by Gasteiger charge is 2.27. The molecule has 2 atom stereocenters. The Morgan fingerprint density at radius 2 is 1.67 bits per heavy atom. The molecule has 0 aromatic heterocycles. The molecule has 4 nitrogen and oxygen atoms in total. The summed E-state index contributed by atoms with van der Waals surface area (Å²) in [4.78, 5) is 27.5. The fourth-order valence-electron chi connectivity index (χ4n) is 2.81. The molecule has 0 aliphatic carbocycles. The summed E-state index contributed by atoms with van der Waals surface area (Å²) in [7, 11) is 0. The van der Waals surface area contributed by atoms with E-state index in [1.807, 2.05) is 13.8 Å². The van der Waals surface area contributed by atoms with Gasteiger partial charge in [-0.3, -0.25) is 9.59 Å². The van der Waals surface area contributed by atoms with Gasteiger partial charge in [-0.25, -0.2) is 0 Å². The van der Waals surface area contributed by atoms with Crippen molar-refractivity contribution in [2.45, 2.75) is 52.2 Å². The number of benzene rings is 2. The maximum atomic E-state index is 13.2. The number of nitrogens with zero attached hydrogens (tertiary/aromatic N) is 1. The van der Waals surface area contributed by atoms with Gasteiger partial charge >= 0.3 is 0 Å². The molecule has 0 unspecified atom stereocenters. The number of hydrogen-bond donors (Lipinski definition) is 1. The minimum absolute atomic E-state index is 0.00703. The van der Waals surface area contributed by atoms with Crippen LogP contribution < -0.4 is 5.32 Å². The fraction of sp³-hybridized carbons (Fsp3) is 0.364. The van der Waals surface area contributed by atoms with E-state index in [1.165, 1.54) is 4.90 Å². The van der Waals surface area contributed by atoms with Gasteiger partial charge in [0.25, 0.3) is 0 Å². The van der Waals surface area contributed by atoms with E-state index >= 15 is 0 Å². The van der Waals surface area contributed by atoms with Crippen LogP contribution in [0, 0.1) is 0 Å². The average Bonchev–Trinajstić information content (AvgIpc) is 2.70. The number of rotatable bonds is 8. The van der Waals surface area contributed by atoms with Gasteiger partial charge in [0.2, 0.25) is 11.8 Å². The number of nitrogens with one attached hydrogen (secondary N) is 1. The van der Waals surface area contributed by atoms with Crippen molar-refractivity contribution in [2.24, 2.45) is 0 Å². The lowest BCUT2D eigenvalue weighted by Gasteiger charge is -2.30. The molecule has 0 heterocycles. The average molecular weight is 490 g/mol. The summed E-state index contributed by atoms with van der Waals surface area (Å²) in [5.74, 6) is -0.461. The second kappa shape index (κ2) is 11.2. The minimum Gasteiger partial charge on any atom is -0.352 e. The molecule has 0 saturated heterocycles. The van der Waals surface area contributed by atoms with Crippen molar-refractivity contribution >= 4 is 58.2 Å². The number of amides is 2. The normalized spacial score (nSPS) is 12.9. The standard InChI is InChI=1S/C22H24Cl4N2O2/c1-4-13(2)27-22(30)14(3)28(12-15-5-8-18(24)20(26)9-15)21(29)10-16-6-7-17(23)11-19(16)25/h5-9,11,13-14H,4,10,12H2,1-3H3,(H,27,30)/t13-,14+/m1/s1. The molecule has 2 aromatic rings. The molecule has 8 heteroatoms. The summed E-state index contributed by atoms with van der Waals surface area (Å²) < 4.78 is 0. The van der Waals surface area contributed by atoms with Crippen molar-refractivity contribution in [1.29, 1.82) is 0 Å². The van der Waals surface area contributed by atoms with Gasteiger partial charge in [-0.1, -0.05) is 65.5 Å². The van der Waals surface area contributed by atoms with Gasteiger partial charge in [0.1, 0.15) is 6.04 Å². The summed E-state index contributed by atoms with van der Waals surface area (Å²) in [5.41, 5.74) is 1.41. The first kappa shape index (κ1) is 24.8. The van der Waals surface area contributed by atoms with Crippen LogP contribution in [0.15, 0.2) is 36.4 Å². The predicted molar refractivity (Wildman–Crippen MR) is 125 cm³/mol. The van der Waals surface area contributed by atoms with Crippen molar-refractivity contribution in [3.8, 4) is 0 Å². The summed E-state index contributed by atoms with van der Waals surface area (Å²) in [6, 6.07) is 9.44. The van der Waals surface area contributed by atoms with E-state index < -0.39 is 6.04 Å². The van der Waals surface area contributed by atoms with Gasteiger partial charge < -0.3 is 10.2 Å². The molecular formula is C22H24Cl4N2O2. The van der Waals surface area contributed by atoms with Crippen LogP contribution in [0.2, 0.25) is 20.1 Å². The number of hydrogen-bond acceptors (Lipinski definition) is 2. The molecule has 0 saturated carbocycles. The number of carbonyl (C=O) groups is 2. The van der Waals surface area contributed by atoms with Crippen molar-refractivity contribution in [3.05, 3.63) is 67.6 Å². The van der Waals surface area contributed by atoms with Crippen LogP contribution in [-0.2, 0) is 22.6 Å². The van der Waals surface area contributed by atoms with Crippen molar-refractivity contribution in [3.63, 3.8) is 0 Å². The second-order valence-electron chi connectivity index (χ2n) is 7.18. The lowest BCUT2D eigenvalue weighted by molar-refractivity contribution is -0.140. The van der Waals surface area contributed by atoms with Gasteiger partial charge in [0, 0.05) is 22.6 Å². The van der Waals surface area contributed by atoms with E-state index in [2.05, 4.69) is 5.32 Å². The third-order valence-corrected chi connectivity index (χ3v) is 6.19. The quantitative estimate of drug-likeness (QED) is 0.481. The molecular weight excluding hydrogens is 466 g/mol. The summed E-state index contributed by atoms with van der Waals surface area (Å²) in [6.07, 6.45) is 0.831. The Morgan fingerprint density at radius 3 is 2.27 bits per heavy atom. The second-order valence-corrected chi connectivity index (χ2v) is 8.83. The largest absolute Gasteiger partial charge is 0.352 e. The van der Waals surface area contributed by atoms with Crippen LogP contribution in [-0.4, -0.2) is 28.8 Å². The van der Waals surface area contributed by atoms with E-state index in [1.54, 1.807) is 43.3 Å². The summed E-state index contributed by atoms with van der Waals surface area (Å²) in [5, 5.41) is 4.64. The molecule has 0 aliphatic heterocycles. The Labute approximate surface area is 197 Å². The van der Waals surface area contributed by atoms with Gasteiger partial charge in [-0.2, -0.15) is 0 Å². The van der Waals surface area contributed by atoms with E-state index in [4.69, 9.17) is 46.4 Å². The van der Waals surface area contributed by atoms with Crippen molar-refractivity contribution in [1.82, 2.24) is 10.2 Å². The molecule has 1 N–H and O–H groups in total. The maximum absolute atomic E-state index is 13.2. The van der Waals surface area contributed by atoms with Crippen LogP contribution in [0.5, 0.6) is 0 Å². The molecule has 2 amide bonds. The van der Waals surface area contributed by atoms with E-state index in [9.17, 15) is 9.59 Å². The third-order valence-electron chi connectivity index (χ3n) is 4.86. The van der Waals surface area contributed by atoms with Gasteiger partial charge in [-0.05, 0) is 55.7 Å². The predicted octanol–water partition coefficient (Wildman–Crippen LogP) is 6.17. The van der Waals surface area contributed by atoms with E-state index in [0.717, 1.165) is 12.0 Å². The fourth-order valence-corrected chi connectivity index (χ4v) is 3.61. The SMILES string of the molecule is CC[C@@H](C)NC(=O)[C@H](C)N(Cc1ccc(Cl)c(Cl)c1)C(=O)Cc1ccc(Cl)cc1Cl. The summed E-state index contributed by atoms with van der Waals surface area (Å²) in [6.45, 7) is 5.81. The van der Waals surface area contributed by atoms with Crippen LogP contribution in [0.1, 0.15) is 38.3 Å². The summed E-state index contributed by atoms with van der Waals surface area (Å²) >= 11 is 24.3. The Bertz CT molecular complexity index is 920. The van der Waals surface area contributed by atoms with Crippen molar-refractivity contribution in [2.75, 3.05) is 0 Å². The first-order chi connectivity index (χ1) is 14.1. The third kappa shape index (κ3) is 6.78. The van der Waals surface area contributed by atoms with Gasteiger partial charge in [0.05, 0.1) is 16.5 Å². The first-order valence-corrected chi connectivity index (χ1v) is 11.1. The highest BCUT2D eigenvalue weighted by Crippen LogP contribution is 2.25. The van der Waals surface area contributed by atoms with Crippen LogP contribution in [0.4, 0.5) is 0 Å². The van der Waals surface area contributed by atoms with Crippen LogP contribution in [0.3, 0.4) is 0 Å².